The first kappa shape index (κ1) is 15.3. The molecule has 19 heavy (non-hydrogen) atoms. The second-order valence-electron chi connectivity index (χ2n) is 4.26. The van der Waals surface area contributed by atoms with E-state index in [1.165, 1.54) is 0 Å². The monoisotopic (exact) mass is 271 g/mol. The van der Waals surface area contributed by atoms with E-state index in [9.17, 15) is 14.5 Å². The number of benzene rings is 1. The van der Waals surface area contributed by atoms with Crippen LogP contribution in [0.1, 0.15) is 0 Å². The van der Waals surface area contributed by atoms with Crippen molar-refractivity contribution in [3.05, 3.63) is 34.1 Å². The van der Waals surface area contributed by atoms with Crippen molar-refractivity contribution >= 4 is 11.4 Å². The van der Waals surface area contributed by atoms with E-state index in [0.717, 1.165) is 24.7 Å². The molecule has 0 aliphatic rings. The molecule has 0 aliphatic carbocycles. The van der Waals surface area contributed by atoms with Crippen LogP contribution in [0.5, 0.6) is 0 Å². The van der Waals surface area contributed by atoms with E-state index in [2.05, 4.69) is 5.32 Å². The number of nitrogens with zero attached hydrogens (tertiary/aromatic N) is 2. The summed E-state index contributed by atoms with van der Waals surface area (Å²) in [5.41, 5.74) is 0.0240. The molecule has 0 fully saturated rings. The van der Waals surface area contributed by atoms with Crippen LogP contribution in [0.25, 0.3) is 0 Å². The van der Waals surface area contributed by atoms with E-state index >= 15 is 0 Å². The largest absolute Gasteiger partial charge is 0.378 e. The molecule has 1 N–H and O–H groups in total. The number of anilines is 1. The lowest BCUT2D eigenvalue weighted by Crippen LogP contribution is -2.20. The van der Waals surface area contributed by atoms with Gasteiger partial charge in [-0.05, 0) is 20.2 Å². The Morgan fingerprint density at radius 1 is 1.42 bits per heavy atom. The van der Waals surface area contributed by atoms with Gasteiger partial charge in [-0.2, -0.15) is 0 Å². The number of halogens is 1. The van der Waals surface area contributed by atoms with Crippen LogP contribution in [0, 0.1) is 15.9 Å². The Kier molecular flexibility index (Phi) is 6.17. The van der Waals surface area contributed by atoms with Gasteiger partial charge in [0, 0.05) is 25.2 Å². The van der Waals surface area contributed by atoms with Gasteiger partial charge in [-0.1, -0.05) is 0 Å². The highest BCUT2D eigenvalue weighted by atomic mass is 19.1. The van der Waals surface area contributed by atoms with Crippen molar-refractivity contribution in [3.8, 4) is 0 Å². The maximum absolute atomic E-state index is 13.0. The van der Waals surface area contributed by atoms with Crippen LogP contribution in [0.15, 0.2) is 18.2 Å². The van der Waals surface area contributed by atoms with Crippen LogP contribution in [0.2, 0.25) is 0 Å². The zero-order valence-electron chi connectivity index (χ0n) is 11.1. The van der Waals surface area contributed by atoms with Crippen molar-refractivity contribution in [1.29, 1.82) is 0 Å². The van der Waals surface area contributed by atoms with Crippen LogP contribution in [-0.2, 0) is 4.74 Å². The number of nitro benzene ring substituents is 1. The second kappa shape index (κ2) is 7.65. The van der Waals surface area contributed by atoms with Crippen LogP contribution < -0.4 is 5.32 Å². The molecule has 0 saturated heterocycles. The highest BCUT2D eigenvalue weighted by Crippen LogP contribution is 2.24. The molecule has 0 spiro atoms. The number of nitrogens with one attached hydrogen (secondary N) is 1. The van der Waals surface area contributed by atoms with Crippen molar-refractivity contribution in [2.45, 2.75) is 0 Å². The van der Waals surface area contributed by atoms with Gasteiger partial charge in [0.05, 0.1) is 18.1 Å². The van der Waals surface area contributed by atoms with Gasteiger partial charge in [0.2, 0.25) is 0 Å². The van der Waals surface area contributed by atoms with Gasteiger partial charge in [0.25, 0.3) is 5.69 Å². The zero-order chi connectivity index (χ0) is 14.3. The summed E-state index contributed by atoms with van der Waals surface area (Å²) in [6.07, 6.45) is 0. The molecule has 0 bridgehead atoms. The third-order valence-electron chi connectivity index (χ3n) is 2.40. The molecule has 0 aromatic heterocycles. The lowest BCUT2D eigenvalue weighted by Gasteiger charge is -2.11. The van der Waals surface area contributed by atoms with Gasteiger partial charge in [-0.15, -0.1) is 0 Å². The number of hydrogen-bond acceptors (Lipinski definition) is 5. The van der Waals surface area contributed by atoms with Gasteiger partial charge in [-0.3, -0.25) is 10.1 Å². The first-order valence-corrected chi connectivity index (χ1v) is 5.91. The Morgan fingerprint density at radius 2 is 2.16 bits per heavy atom. The van der Waals surface area contributed by atoms with Gasteiger partial charge < -0.3 is 15.0 Å². The molecule has 1 rings (SSSR count). The quantitative estimate of drug-likeness (QED) is 0.443. The minimum atomic E-state index is -0.547. The SMILES string of the molecule is CN(C)CCOCCNc1cc(F)ccc1[N+](=O)[O-]. The Balaban J connectivity index is 2.40. The summed E-state index contributed by atoms with van der Waals surface area (Å²) in [7, 11) is 3.88. The molecule has 0 aliphatic heterocycles. The van der Waals surface area contributed by atoms with Gasteiger partial charge in [0.1, 0.15) is 11.5 Å². The third-order valence-corrected chi connectivity index (χ3v) is 2.40. The summed E-state index contributed by atoms with van der Waals surface area (Å²) in [5.74, 6) is -0.512. The topological polar surface area (TPSA) is 67.6 Å². The molecular formula is C12H18FN3O3. The maximum atomic E-state index is 13.0. The molecule has 0 unspecified atom stereocenters. The molecule has 106 valence electrons. The van der Waals surface area contributed by atoms with Crippen molar-refractivity contribution in [2.24, 2.45) is 0 Å². The van der Waals surface area contributed by atoms with Crippen molar-refractivity contribution in [1.82, 2.24) is 4.90 Å². The Hall–Kier alpha value is -1.73. The number of hydrogen-bond donors (Lipinski definition) is 1. The van der Waals surface area contributed by atoms with Crippen LogP contribution in [0.4, 0.5) is 15.8 Å². The molecule has 0 atom stereocenters. The Labute approximate surface area is 111 Å². The lowest BCUT2D eigenvalue weighted by molar-refractivity contribution is -0.384. The fourth-order valence-corrected chi connectivity index (χ4v) is 1.42. The molecule has 0 amide bonds. The smallest absolute Gasteiger partial charge is 0.292 e. The predicted octanol–water partition coefficient (Wildman–Crippen LogP) is 1.72. The first-order chi connectivity index (χ1) is 9.00. The number of nitro groups is 1. The summed E-state index contributed by atoms with van der Waals surface area (Å²) < 4.78 is 18.4. The van der Waals surface area contributed by atoms with Crippen molar-refractivity contribution in [3.63, 3.8) is 0 Å². The average molecular weight is 271 g/mol. The predicted molar refractivity (Wildman–Crippen MR) is 70.9 cm³/mol. The molecule has 0 saturated carbocycles. The van der Waals surface area contributed by atoms with E-state index in [1.54, 1.807) is 0 Å². The summed E-state index contributed by atoms with van der Waals surface area (Å²) >= 11 is 0. The minimum Gasteiger partial charge on any atom is -0.378 e. The van der Waals surface area contributed by atoms with Crippen molar-refractivity contribution < 1.29 is 14.1 Å². The molecule has 6 nitrogen and oxygen atoms in total. The highest BCUT2D eigenvalue weighted by Gasteiger charge is 2.13. The second-order valence-corrected chi connectivity index (χ2v) is 4.26. The minimum absolute atomic E-state index is 0.144. The summed E-state index contributed by atoms with van der Waals surface area (Å²) in [5, 5.41) is 13.6. The van der Waals surface area contributed by atoms with E-state index in [1.807, 2.05) is 19.0 Å². The van der Waals surface area contributed by atoms with Crippen molar-refractivity contribution in [2.75, 3.05) is 45.7 Å². The lowest BCUT2D eigenvalue weighted by atomic mass is 10.2. The van der Waals surface area contributed by atoms with Gasteiger partial charge in [0.15, 0.2) is 0 Å². The highest BCUT2D eigenvalue weighted by molar-refractivity contribution is 5.61. The Bertz CT molecular complexity index is 427. The number of rotatable bonds is 8. The molecule has 0 radical (unpaired) electrons. The first-order valence-electron chi connectivity index (χ1n) is 5.91. The van der Waals surface area contributed by atoms with Gasteiger partial charge in [-0.25, -0.2) is 4.39 Å². The summed E-state index contributed by atoms with van der Waals surface area (Å²) in [6.45, 7) is 2.18. The Morgan fingerprint density at radius 3 is 2.79 bits per heavy atom. The normalized spacial score (nSPS) is 10.7. The van der Waals surface area contributed by atoms with Crippen LogP contribution >= 0.6 is 0 Å². The molecule has 1 aromatic rings. The summed E-state index contributed by atoms with van der Waals surface area (Å²) in [6, 6.07) is 3.32. The molecular weight excluding hydrogens is 253 g/mol. The zero-order valence-corrected chi connectivity index (χ0v) is 11.1. The van der Waals surface area contributed by atoms with E-state index in [-0.39, 0.29) is 11.4 Å². The fraction of sp³-hybridized carbons (Fsp3) is 0.500. The van der Waals surface area contributed by atoms with Crippen LogP contribution in [0.3, 0.4) is 0 Å². The molecule has 7 heteroatoms. The standard InChI is InChI=1S/C12H18FN3O3/c1-15(2)6-8-19-7-5-14-11-9-10(13)3-4-12(11)16(17)18/h3-4,9,14H,5-8H2,1-2H3. The van der Waals surface area contributed by atoms with E-state index < -0.39 is 10.7 Å². The summed E-state index contributed by atoms with van der Waals surface area (Å²) in [4.78, 5) is 12.2. The van der Waals surface area contributed by atoms with E-state index in [4.69, 9.17) is 4.74 Å². The molecule has 0 heterocycles. The van der Waals surface area contributed by atoms with Crippen LogP contribution in [-0.4, -0.2) is 50.2 Å². The van der Waals surface area contributed by atoms with E-state index in [0.29, 0.717) is 19.8 Å². The maximum Gasteiger partial charge on any atom is 0.292 e. The van der Waals surface area contributed by atoms with Gasteiger partial charge >= 0.3 is 0 Å². The fourth-order valence-electron chi connectivity index (χ4n) is 1.42. The average Bonchev–Trinajstić information content (AvgIpc) is 2.33. The number of likely N-dealkylation sites (N-methyl/N-ethyl adjacent to an activating group) is 1. The molecule has 1 aromatic carbocycles. The number of ether oxygens (including phenoxy) is 1. The third kappa shape index (κ3) is 5.62.